The summed E-state index contributed by atoms with van der Waals surface area (Å²) in [5, 5.41) is 0. The second kappa shape index (κ2) is 8.53. The molecule has 0 unspecified atom stereocenters. The van der Waals surface area contributed by atoms with Gasteiger partial charge in [0, 0.05) is 31.1 Å². The van der Waals surface area contributed by atoms with E-state index < -0.39 is 0 Å². The van der Waals surface area contributed by atoms with Crippen molar-refractivity contribution in [3.05, 3.63) is 59.0 Å². The smallest absolute Gasteiger partial charge is 0.263 e. The van der Waals surface area contributed by atoms with Crippen molar-refractivity contribution >= 4 is 23.2 Å². The Labute approximate surface area is 165 Å². The van der Waals surface area contributed by atoms with Gasteiger partial charge in [-0.05, 0) is 36.2 Å². The van der Waals surface area contributed by atoms with Crippen LogP contribution < -0.4 is 0 Å². The molecule has 4 nitrogen and oxygen atoms in total. The third kappa shape index (κ3) is 4.30. The Morgan fingerprint density at radius 2 is 1.89 bits per heavy atom. The molecule has 0 spiro atoms. The summed E-state index contributed by atoms with van der Waals surface area (Å²) in [6.45, 7) is 2.86. The van der Waals surface area contributed by atoms with Gasteiger partial charge in [-0.15, -0.1) is 11.3 Å². The van der Waals surface area contributed by atoms with Crippen LogP contribution in [-0.2, 0) is 0 Å². The van der Waals surface area contributed by atoms with Crippen LogP contribution in [0.2, 0.25) is 0 Å². The molecule has 1 aliphatic heterocycles. The van der Waals surface area contributed by atoms with E-state index in [2.05, 4.69) is 19.1 Å². The van der Waals surface area contributed by atoms with Gasteiger partial charge >= 0.3 is 0 Å². The molecule has 142 valence electrons. The maximum atomic E-state index is 12.9. The number of carbonyl (C=O) groups is 2. The molecule has 0 saturated heterocycles. The lowest BCUT2D eigenvalue weighted by atomic mass is 10.1. The van der Waals surface area contributed by atoms with Crippen LogP contribution in [0, 0.1) is 0 Å². The highest BCUT2D eigenvalue weighted by molar-refractivity contribution is 7.17. The van der Waals surface area contributed by atoms with E-state index in [1.807, 2.05) is 41.3 Å². The molecule has 5 heteroatoms. The molecule has 1 aromatic carbocycles. The van der Waals surface area contributed by atoms with E-state index in [-0.39, 0.29) is 17.9 Å². The predicted molar refractivity (Wildman–Crippen MR) is 111 cm³/mol. The van der Waals surface area contributed by atoms with Crippen LogP contribution in [0.4, 0.5) is 0 Å². The molecule has 0 fully saturated rings. The molecule has 2 amide bonds. The fourth-order valence-corrected chi connectivity index (χ4v) is 4.27. The quantitative estimate of drug-likeness (QED) is 0.680. The maximum Gasteiger partial charge on any atom is 0.263 e. The maximum absolute atomic E-state index is 12.9. The largest absolute Gasteiger partial charge is 0.344 e. The van der Waals surface area contributed by atoms with Gasteiger partial charge in [-0.25, -0.2) is 0 Å². The van der Waals surface area contributed by atoms with E-state index in [0.717, 1.165) is 34.6 Å². The van der Waals surface area contributed by atoms with Gasteiger partial charge in [-0.3, -0.25) is 9.59 Å². The molecule has 0 radical (unpaired) electrons. The third-order valence-corrected chi connectivity index (χ3v) is 5.94. The fourth-order valence-electron chi connectivity index (χ4n) is 3.24. The lowest BCUT2D eigenvalue weighted by Crippen LogP contribution is -2.36. The minimum absolute atomic E-state index is 0.0118. The van der Waals surface area contributed by atoms with Gasteiger partial charge in [-0.2, -0.15) is 0 Å². The molecule has 0 saturated carbocycles. The lowest BCUT2D eigenvalue weighted by molar-refractivity contribution is 0.0743. The van der Waals surface area contributed by atoms with Gasteiger partial charge in [-0.1, -0.05) is 44.1 Å². The third-order valence-electron chi connectivity index (χ3n) is 4.81. The zero-order valence-electron chi connectivity index (χ0n) is 16.1. The van der Waals surface area contributed by atoms with Gasteiger partial charge in [0.05, 0.1) is 10.9 Å². The molecule has 2 heterocycles. The summed E-state index contributed by atoms with van der Waals surface area (Å²) >= 11 is 1.47. The highest BCUT2D eigenvalue weighted by Crippen LogP contribution is 2.29. The second-order valence-electron chi connectivity index (χ2n) is 7.04. The highest BCUT2D eigenvalue weighted by Gasteiger charge is 2.25. The Hall–Kier alpha value is -2.40. The minimum Gasteiger partial charge on any atom is -0.344 e. The molecular weight excluding hydrogens is 356 g/mol. The van der Waals surface area contributed by atoms with Gasteiger partial charge in [0.2, 0.25) is 0 Å². The number of nitrogens with zero attached hydrogens (tertiary/aromatic N) is 2. The Kier molecular flexibility index (Phi) is 6.11. The number of hydrogen-bond acceptors (Lipinski definition) is 3. The first kappa shape index (κ1) is 19.4. The molecular formula is C22H26N2O2S. The van der Waals surface area contributed by atoms with Crippen molar-refractivity contribution in [3.63, 3.8) is 0 Å². The summed E-state index contributed by atoms with van der Waals surface area (Å²) in [7, 11) is 3.51. The standard InChI is InChI=1S/C22H26N2O2S/c1-4-5-7-18-8-6-15-24(18)21(25)17-11-9-16(10-12-17)19-13-14-20(27-19)22(26)23(2)3/h6,8-14,18H,4-5,7,15H2,1-3H3/t18-/m0/s1. The number of benzene rings is 1. The van der Waals surface area contributed by atoms with Crippen LogP contribution >= 0.6 is 11.3 Å². The number of hydrogen-bond donors (Lipinski definition) is 0. The van der Waals surface area contributed by atoms with Crippen LogP contribution in [0.1, 0.15) is 46.2 Å². The molecule has 3 rings (SSSR count). The SMILES string of the molecule is CCCC[C@H]1C=CCN1C(=O)c1ccc(-c2ccc(C(=O)N(C)C)s2)cc1. The number of carbonyl (C=O) groups excluding carboxylic acids is 2. The molecule has 1 atom stereocenters. The van der Waals surface area contributed by atoms with Crippen molar-refractivity contribution < 1.29 is 9.59 Å². The Balaban J connectivity index is 1.72. The Morgan fingerprint density at radius 1 is 1.15 bits per heavy atom. The van der Waals surface area contributed by atoms with E-state index >= 15 is 0 Å². The van der Waals surface area contributed by atoms with E-state index in [1.54, 1.807) is 19.0 Å². The summed E-state index contributed by atoms with van der Waals surface area (Å²) in [4.78, 5) is 30.2. The second-order valence-corrected chi connectivity index (χ2v) is 8.12. The molecule has 0 bridgehead atoms. The van der Waals surface area contributed by atoms with Crippen molar-refractivity contribution in [1.82, 2.24) is 9.80 Å². The molecule has 0 N–H and O–H groups in total. The van der Waals surface area contributed by atoms with Crippen molar-refractivity contribution in [2.75, 3.05) is 20.6 Å². The minimum atomic E-state index is 0.0118. The van der Waals surface area contributed by atoms with Crippen LogP contribution in [0.15, 0.2) is 48.6 Å². The molecule has 1 aliphatic rings. The summed E-state index contributed by atoms with van der Waals surface area (Å²) < 4.78 is 0. The van der Waals surface area contributed by atoms with Crippen LogP contribution in [0.25, 0.3) is 10.4 Å². The highest BCUT2D eigenvalue weighted by atomic mass is 32.1. The van der Waals surface area contributed by atoms with E-state index in [0.29, 0.717) is 12.1 Å². The van der Waals surface area contributed by atoms with Crippen LogP contribution in [0.3, 0.4) is 0 Å². The summed E-state index contributed by atoms with van der Waals surface area (Å²) in [5.74, 6) is 0.0972. The van der Waals surface area contributed by atoms with Gasteiger partial charge in [0.25, 0.3) is 11.8 Å². The first-order chi connectivity index (χ1) is 13.0. The number of thiophene rings is 1. The first-order valence-electron chi connectivity index (χ1n) is 9.40. The van der Waals surface area contributed by atoms with Crippen LogP contribution in [-0.4, -0.2) is 48.3 Å². The summed E-state index contributed by atoms with van der Waals surface area (Å²) in [5.41, 5.74) is 1.74. The first-order valence-corrected chi connectivity index (χ1v) is 10.2. The number of rotatable bonds is 6. The normalized spacial score (nSPS) is 16.0. The van der Waals surface area contributed by atoms with Crippen molar-refractivity contribution in [2.45, 2.75) is 32.2 Å². The lowest BCUT2D eigenvalue weighted by Gasteiger charge is -2.24. The fraction of sp³-hybridized carbons (Fsp3) is 0.364. The predicted octanol–water partition coefficient (Wildman–Crippen LogP) is 4.69. The van der Waals surface area contributed by atoms with Crippen molar-refractivity contribution in [3.8, 4) is 10.4 Å². The molecule has 27 heavy (non-hydrogen) atoms. The monoisotopic (exact) mass is 382 g/mol. The topological polar surface area (TPSA) is 40.6 Å². The summed E-state index contributed by atoms with van der Waals surface area (Å²) in [6, 6.07) is 11.7. The van der Waals surface area contributed by atoms with Crippen molar-refractivity contribution in [1.29, 1.82) is 0 Å². The average molecular weight is 383 g/mol. The van der Waals surface area contributed by atoms with Gasteiger partial charge < -0.3 is 9.80 Å². The van der Waals surface area contributed by atoms with Gasteiger partial charge in [0.15, 0.2) is 0 Å². The van der Waals surface area contributed by atoms with Crippen molar-refractivity contribution in [2.24, 2.45) is 0 Å². The Morgan fingerprint density at radius 3 is 2.56 bits per heavy atom. The zero-order chi connectivity index (χ0) is 19.4. The molecule has 0 aliphatic carbocycles. The zero-order valence-corrected chi connectivity index (χ0v) is 17.0. The van der Waals surface area contributed by atoms with E-state index in [4.69, 9.17) is 0 Å². The average Bonchev–Trinajstić information content (AvgIpc) is 3.34. The van der Waals surface area contributed by atoms with Crippen LogP contribution in [0.5, 0.6) is 0 Å². The van der Waals surface area contributed by atoms with Gasteiger partial charge in [0.1, 0.15) is 0 Å². The number of unbranched alkanes of at least 4 members (excludes halogenated alkanes) is 1. The molecule has 1 aromatic heterocycles. The summed E-state index contributed by atoms with van der Waals surface area (Å²) in [6.07, 6.45) is 7.53. The van der Waals surface area contributed by atoms with E-state index in [9.17, 15) is 9.59 Å². The van der Waals surface area contributed by atoms with E-state index in [1.165, 1.54) is 11.3 Å². The Bertz CT molecular complexity index is 836. The molecule has 2 aromatic rings. The number of amides is 2.